The molecule has 0 bridgehead atoms. The van der Waals surface area contributed by atoms with E-state index < -0.39 is 0 Å². The number of aromatic nitrogens is 2. The summed E-state index contributed by atoms with van der Waals surface area (Å²) in [6, 6.07) is 11.9. The second-order valence-corrected chi connectivity index (χ2v) is 6.30. The summed E-state index contributed by atoms with van der Waals surface area (Å²) in [6.07, 6.45) is 1.21. The van der Waals surface area contributed by atoms with E-state index in [9.17, 15) is 4.79 Å². The zero-order valence-corrected chi connectivity index (χ0v) is 12.7. The fourth-order valence-electron chi connectivity index (χ4n) is 2.69. The molecule has 1 aliphatic heterocycles. The van der Waals surface area contributed by atoms with Crippen molar-refractivity contribution in [2.24, 2.45) is 0 Å². The molecule has 0 unspecified atom stereocenters. The lowest BCUT2D eigenvalue weighted by molar-refractivity contribution is 0.301. The number of benzene rings is 1. The number of aromatic amines is 1. The zero-order valence-electron chi connectivity index (χ0n) is 11.8. The van der Waals surface area contributed by atoms with E-state index in [2.05, 4.69) is 9.97 Å². The third kappa shape index (κ3) is 2.44. The van der Waals surface area contributed by atoms with Crippen LogP contribution in [0.2, 0.25) is 0 Å². The Kier molecular flexibility index (Phi) is 3.27. The van der Waals surface area contributed by atoms with Crippen molar-refractivity contribution in [2.75, 3.05) is 0 Å². The van der Waals surface area contributed by atoms with E-state index in [1.54, 1.807) is 11.3 Å². The standard InChI is InChI=1S/C17H14N2O2S/c20-17-13-8-11-4-1-2-6-15(11)21-10-14(13)18-16(19-17)9-12-5-3-7-22-12/h1-7H,8-10H2,(H,18,19,20). The van der Waals surface area contributed by atoms with Crippen molar-refractivity contribution in [3.05, 3.63) is 79.7 Å². The second-order valence-electron chi connectivity index (χ2n) is 5.27. The number of hydrogen-bond acceptors (Lipinski definition) is 4. The maximum atomic E-state index is 12.4. The molecule has 0 fully saturated rings. The lowest BCUT2D eigenvalue weighted by Gasteiger charge is -2.06. The number of H-pyrrole nitrogens is 1. The molecular weight excluding hydrogens is 296 g/mol. The van der Waals surface area contributed by atoms with Crippen molar-refractivity contribution in [3.63, 3.8) is 0 Å². The Morgan fingerprint density at radius 1 is 1.23 bits per heavy atom. The van der Waals surface area contributed by atoms with Gasteiger partial charge in [0.25, 0.3) is 5.56 Å². The van der Waals surface area contributed by atoms with Crippen LogP contribution < -0.4 is 10.3 Å². The summed E-state index contributed by atoms with van der Waals surface area (Å²) in [5.74, 6) is 1.53. The number of para-hydroxylation sites is 1. The highest BCUT2D eigenvalue weighted by atomic mass is 32.1. The maximum absolute atomic E-state index is 12.4. The van der Waals surface area contributed by atoms with Crippen molar-refractivity contribution < 1.29 is 4.74 Å². The molecule has 0 amide bonds. The van der Waals surface area contributed by atoms with Crippen molar-refractivity contribution >= 4 is 11.3 Å². The maximum Gasteiger partial charge on any atom is 0.254 e. The van der Waals surface area contributed by atoms with Crippen LogP contribution in [0.25, 0.3) is 0 Å². The molecule has 110 valence electrons. The fraction of sp³-hybridized carbons (Fsp3) is 0.176. The Hall–Kier alpha value is -2.40. The predicted molar refractivity (Wildman–Crippen MR) is 85.6 cm³/mol. The summed E-state index contributed by atoms with van der Waals surface area (Å²) in [5.41, 5.74) is 2.42. The third-order valence-corrected chi connectivity index (χ3v) is 4.65. The number of nitrogens with zero attached hydrogens (tertiary/aromatic N) is 1. The Morgan fingerprint density at radius 3 is 3.00 bits per heavy atom. The van der Waals surface area contributed by atoms with Crippen LogP contribution >= 0.6 is 11.3 Å². The average Bonchev–Trinajstić information content (AvgIpc) is 2.94. The number of rotatable bonds is 2. The Labute approximate surface area is 131 Å². The molecule has 5 heteroatoms. The quantitative estimate of drug-likeness (QED) is 0.792. The molecule has 3 heterocycles. The lowest BCUT2D eigenvalue weighted by Crippen LogP contribution is -2.20. The molecule has 3 aromatic rings. The molecule has 0 atom stereocenters. The van der Waals surface area contributed by atoms with E-state index in [0.29, 0.717) is 30.8 Å². The monoisotopic (exact) mass is 310 g/mol. The SMILES string of the molecule is O=c1[nH]c(Cc2cccs2)nc2c1Cc1ccccc1OC2. The van der Waals surface area contributed by atoms with Crippen molar-refractivity contribution in [3.8, 4) is 5.75 Å². The van der Waals surface area contributed by atoms with Gasteiger partial charge in [0.05, 0.1) is 5.69 Å². The molecule has 1 aliphatic rings. The Balaban J connectivity index is 1.73. The van der Waals surface area contributed by atoms with Gasteiger partial charge >= 0.3 is 0 Å². The van der Waals surface area contributed by atoms with Gasteiger partial charge in [0, 0.05) is 23.3 Å². The molecule has 4 nitrogen and oxygen atoms in total. The molecule has 22 heavy (non-hydrogen) atoms. The zero-order chi connectivity index (χ0) is 14.9. The number of hydrogen-bond donors (Lipinski definition) is 1. The summed E-state index contributed by atoms with van der Waals surface area (Å²) in [5, 5.41) is 2.02. The second kappa shape index (κ2) is 5.42. The van der Waals surface area contributed by atoms with Gasteiger partial charge in [0.2, 0.25) is 0 Å². The van der Waals surface area contributed by atoms with E-state index in [0.717, 1.165) is 17.0 Å². The van der Waals surface area contributed by atoms with Gasteiger partial charge in [0.1, 0.15) is 18.2 Å². The van der Waals surface area contributed by atoms with Crippen molar-refractivity contribution in [1.29, 1.82) is 0 Å². The summed E-state index contributed by atoms with van der Waals surface area (Å²) in [6.45, 7) is 0.341. The molecule has 1 aromatic carbocycles. The lowest BCUT2D eigenvalue weighted by atomic mass is 10.0. The molecule has 0 saturated heterocycles. The molecule has 0 saturated carbocycles. The van der Waals surface area contributed by atoms with Gasteiger partial charge in [-0.2, -0.15) is 0 Å². The minimum absolute atomic E-state index is 0.0585. The van der Waals surface area contributed by atoms with E-state index in [-0.39, 0.29) is 5.56 Å². The van der Waals surface area contributed by atoms with Crippen molar-refractivity contribution in [1.82, 2.24) is 9.97 Å². The van der Waals surface area contributed by atoms with Crippen LogP contribution in [0.5, 0.6) is 5.75 Å². The molecule has 0 aliphatic carbocycles. The van der Waals surface area contributed by atoms with Crippen LogP contribution in [0.3, 0.4) is 0 Å². The van der Waals surface area contributed by atoms with Gasteiger partial charge in [-0.05, 0) is 23.1 Å². The third-order valence-electron chi connectivity index (χ3n) is 3.78. The summed E-state index contributed by atoms with van der Waals surface area (Å²) in [7, 11) is 0. The first-order valence-electron chi connectivity index (χ1n) is 7.13. The fourth-order valence-corrected chi connectivity index (χ4v) is 3.40. The number of thiophene rings is 1. The van der Waals surface area contributed by atoms with Crippen LogP contribution in [0, 0.1) is 0 Å². The first-order chi connectivity index (χ1) is 10.8. The molecule has 1 N–H and O–H groups in total. The largest absolute Gasteiger partial charge is 0.487 e. The smallest absolute Gasteiger partial charge is 0.254 e. The Morgan fingerprint density at radius 2 is 2.14 bits per heavy atom. The van der Waals surface area contributed by atoms with Gasteiger partial charge in [-0.3, -0.25) is 4.79 Å². The van der Waals surface area contributed by atoms with Crippen LogP contribution in [-0.4, -0.2) is 9.97 Å². The number of nitrogens with one attached hydrogen (secondary N) is 1. The van der Waals surface area contributed by atoms with Crippen LogP contribution in [0.15, 0.2) is 46.6 Å². The molecule has 0 spiro atoms. The molecular formula is C17H14N2O2S. The van der Waals surface area contributed by atoms with Crippen molar-refractivity contribution in [2.45, 2.75) is 19.4 Å². The van der Waals surface area contributed by atoms with Crippen LogP contribution in [0.4, 0.5) is 0 Å². The normalized spacial score (nSPS) is 12.9. The van der Waals surface area contributed by atoms with Gasteiger partial charge in [-0.15, -0.1) is 11.3 Å². The summed E-state index contributed by atoms with van der Waals surface area (Å²) in [4.78, 5) is 21.1. The number of fused-ring (bicyclic) bond motifs is 2. The average molecular weight is 310 g/mol. The van der Waals surface area contributed by atoms with E-state index in [1.165, 1.54) is 4.88 Å². The van der Waals surface area contributed by atoms with Crippen LogP contribution in [0.1, 0.15) is 27.5 Å². The summed E-state index contributed by atoms with van der Waals surface area (Å²) < 4.78 is 5.81. The first kappa shape index (κ1) is 13.3. The summed E-state index contributed by atoms with van der Waals surface area (Å²) >= 11 is 1.66. The van der Waals surface area contributed by atoms with Gasteiger partial charge in [-0.1, -0.05) is 24.3 Å². The highest BCUT2D eigenvalue weighted by Gasteiger charge is 2.19. The van der Waals surface area contributed by atoms with E-state index in [4.69, 9.17) is 4.74 Å². The van der Waals surface area contributed by atoms with Gasteiger partial charge in [0.15, 0.2) is 0 Å². The highest BCUT2D eigenvalue weighted by Crippen LogP contribution is 2.25. The van der Waals surface area contributed by atoms with E-state index in [1.807, 2.05) is 41.8 Å². The topological polar surface area (TPSA) is 55.0 Å². The minimum atomic E-state index is -0.0585. The predicted octanol–water partition coefficient (Wildman–Crippen LogP) is 2.91. The van der Waals surface area contributed by atoms with Crippen LogP contribution in [-0.2, 0) is 19.4 Å². The van der Waals surface area contributed by atoms with Gasteiger partial charge in [-0.25, -0.2) is 4.98 Å². The number of ether oxygens (including phenoxy) is 1. The van der Waals surface area contributed by atoms with E-state index >= 15 is 0 Å². The minimum Gasteiger partial charge on any atom is -0.487 e. The Bertz CT molecular complexity index is 869. The molecule has 0 radical (unpaired) electrons. The highest BCUT2D eigenvalue weighted by molar-refractivity contribution is 7.09. The molecule has 2 aromatic heterocycles. The van der Waals surface area contributed by atoms with Gasteiger partial charge < -0.3 is 9.72 Å². The molecule has 4 rings (SSSR count). The first-order valence-corrected chi connectivity index (χ1v) is 8.01.